The second kappa shape index (κ2) is 4.46. The average Bonchev–Trinajstić information content (AvgIpc) is 2.58. The number of alkyl halides is 3. The van der Waals surface area contributed by atoms with E-state index in [1.165, 1.54) is 6.07 Å². The minimum atomic E-state index is -4.66. The Bertz CT molecular complexity index is 432. The summed E-state index contributed by atoms with van der Waals surface area (Å²) in [5, 5.41) is 0. The van der Waals surface area contributed by atoms with Gasteiger partial charge in [0, 0.05) is 11.6 Å². The van der Waals surface area contributed by atoms with Crippen LogP contribution in [-0.2, 0) is 5.41 Å². The van der Waals surface area contributed by atoms with E-state index in [9.17, 15) is 13.2 Å². The van der Waals surface area contributed by atoms with Crippen LogP contribution in [0.1, 0.15) is 31.7 Å². The molecule has 0 heterocycles. The fourth-order valence-electron chi connectivity index (χ4n) is 2.71. The molecule has 1 aromatic carbocycles. The van der Waals surface area contributed by atoms with Gasteiger partial charge in [-0.05, 0) is 30.7 Å². The summed E-state index contributed by atoms with van der Waals surface area (Å²) in [5.41, 5.74) is 6.12. The lowest BCUT2D eigenvalue weighted by atomic mass is 9.80. The van der Waals surface area contributed by atoms with E-state index in [1.807, 2.05) is 6.92 Å². The first-order valence-corrected chi connectivity index (χ1v) is 5.91. The Balaban J connectivity index is 2.33. The van der Waals surface area contributed by atoms with Crippen molar-refractivity contribution in [2.24, 2.45) is 5.73 Å². The number of hydrogen-bond acceptors (Lipinski definition) is 2. The molecule has 0 aromatic heterocycles. The zero-order valence-electron chi connectivity index (χ0n) is 10.1. The fourth-order valence-corrected chi connectivity index (χ4v) is 2.71. The van der Waals surface area contributed by atoms with Gasteiger partial charge >= 0.3 is 6.36 Å². The van der Waals surface area contributed by atoms with Gasteiger partial charge in [0.1, 0.15) is 5.75 Å². The Kier molecular flexibility index (Phi) is 3.27. The van der Waals surface area contributed by atoms with Crippen LogP contribution in [0.5, 0.6) is 5.75 Å². The van der Waals surface area contributed by atoms with Crippen molar-refractivity contribution in [2.45, 2.75) is 44.0 Å². The molecular formula is C13H16F3NO. The van der Waals surface area contributed by atoms with E-state index in [-0.39, 0.29) is 17.2 Å². The lowest BCUT2D eigenvalue weighted by Crippen LogP contribution is -2.25. The van der Waals surface area contributed by atoms with Crippen molar-refractivity contribution >= 4 is 0 Å². The Hall–Kier alpha value is -1.23. The predicted octanol–water partition coefficient (Wildman–Crippen LogP) is 3.35. The van der Waals surface area contributed by atoms with Gasteiger partial charge in [-0.1, -0.05) is 25.1 Å². The Morgan fingerprint density at radius 3 is 2.56 bits per heavy atom. The summed E-state index contributed by atoms with van der Waals surface area (Å²) in [6.07, 6.45) is -2.36. The van der Waals surface area contributed by atoms with Gasteiger partial charge < -0.3 is 10.5 Å². The third-order valence-electron chi connectivity index (χ3n) is 3.54. The second-order valence-corrected chi connectivity index (χ2v) is 5.11. The Labute approximate surface area is 104 Å². The molecule has 2 N–H and O–H groups in total. The Morgan fingerprint density at radius 1 is 1.33 bits per heavy atom. The lowest BCUT2D eigenvalue weighted by molar-refractivity contribution is -0.275. The first kappa shape index (κ1) is 13.2. The molecule has 2 atom stereocenters. The number of hydrogen-bond donors (Lipinski definition) is 1. The molecule has 1 saturated carbocycles. The summed E-state index contributed by atoms with van der Waals surface area (Å²) in [4.78, 5) is 0. The first-order valence-electron chi connectivity index (χ1n) is 5.91. The molecular weight excluding hydrogens is 243 g/mol. The van der Waals surface area contributed by atoms with Gasteiger partial charge in [-0.2, -0.15) is 0 Å². The topological polar surface area (TPSA) is 35.2 Å². The smallest absolute Gasteiger partial charge is 0.405 e. The maximum atomic E-state index is 12.4. The van der Waals surface area contributed by atoms with Crippen molar-refractivity contribution in [1.29, 1.82) is 0 Å². The van der Waals surface area contributed by atoms with Crippen LogP contribution < -0.4 is 10.5 Å². The lowest BCUT2D eigenvalue weighted by Gasteiger charge is -2.27. The van der Waals surface area contributed by atoms with Crippen molar-refractivity contribution < 1.29 is 17.9 Å². The third-order valence-corrected chi connectivity index (χ3v) is 3.54. The third kappa shape index (κ3) is 2.77. The molecule has 0 spiro atoms. The van der Waals surface area contributed by atoms with Crippen LogP contribution >= 0.6 is 0 Å². The van der Waals surface area contributed by atoms with Crippen LogP contribution in [0.2, 0.25) is 0 Å². The molecule has 0 saturated heterocycles. The number of rotatable bonds is 2. The fraction of sp³-hybridized carbons (Fsp3) is 0.538. The number of benzene rings is 1. The van der Waals surface area contributed by atoms with Crippen LogP contribution in [0.25, 0.3) is 0 Å². The van der Waals surface area contributed by atoms with Gasteiger partial charge in [-0.3, -0.25) is 0 Å². The molecule has 0 aliphatic heterocycles. The van der Waals surface area contributed by atoms with Gasteiger partial charge in [0.2, 0.25) is 0 Å². The zero-order chi connectivity index (χ0) is 13.4. The molecule has 1 aromatic rings. The van der Waals surface area contributed by atoms with Gasteiger partial charge in [-0.15, -0.1) is 13.2 Å². The van der Waals surface area contributed by atoms with Crippen molar-refractivity contribution in [1.82, 2.24) is 0 Å². The number of para-hydroxylation sites is 1. The first-order chi connectivity index (χ1) is 8.30. The van der Waals surface area contributed by atoms with E-state index >= 15 is 0 Å². The molecule has 0 bridgehead atoms. The summed E-state index contributed by atoms with van der Waals surface area (Å²) >= 11 is 0. The molecule has 100 valence electrons. The van der Waals surface area contributed by atoms with E-state index in [4.69, 9.17) is 5.73 Å². The number of nitrogens with two attached hydrogens (primary N) is 1. The highest BCUT2D eigenvalue weighted by Gasteiger charge is 2.39. The zero-order valence-corrected chi connectivity index (χ0v) is 10.1. The van der Waals surface area contributed by atoms with Crippen LogP contribution in [0.4, 0.5) is 13.2 Å². The van der Waals surface area contributed by atoms with Gasteiger partial charge in [0.15, 0.2) is 0 Å². The predicted molar refractivity (Wildman–Crippen MR) is 62.3 cm³/mol. The van der Waals surface area contributed by atoms with Gasteiger partial charge in [0.25, 0.3) is 0 Å². The highest BCUT2D eigenvalue weighted by molar-refractivity contribution is 5.40. The molecule has 5 heteroatoms. The van der Waals surface area contributed by atoms with Gasteiger partial charge in [-0.25, -0.2) is 0 Å². The minimum Gasteiger partial charge on any atom is -0.405 e. The molecule has 2 unspecified atom stereocenters. The van der Waals surface area contributed by atoms with Crippen LogP contribution in [-0.4, -0.2) is 12.4 Å². The highest BCUT2D eigenvalue weighted by atomic mass is 19.4. The van der Waals surface area contributed by atoms with E-state index in [0.717, 1.165) is 12.8 Å². The van der Waals surface area contributed by atoms with E-state index in [0.29, 0.717) is 12.0 Å². The molecule has 1 aliphatic rings. The van der Waals surface area contributed by atoms with Gasteiger partial charge in [0.05, 0.1) is 0 Å². The maximum Gasteiger partial charge on any atom is 0.573 e. The standard InChI is InChI=1S/C13H16F3NO/c1-12(7-6-9(17)8-12)10-4-2-3-5-11(10)18-13(14,15)16/h2-5,9H,6-8,17H2,1H3. The highest BCUT2D eigenvalue weighted by Crippen LogP contribution is 2.44. The summed E-state index contributed by atoms with van der Waals surface area (Å²) in [6.45, 7) is 1.94. The molecule has 0 amide bonds. The van der Waals surface area contributed by atoms with Crippen molar-refractivity contribution in [3.8, 4) is 5.75 Å². The second-order valence-electron chi connectivity index (χ2n) is 5.11. The largest absolute Gasteiger partial charge is 0.573 e. The SMILES string of the molecule is CC1(c2ccccc2OC(F)(F)F)CCC(N)C1. The van der Waals surface area contributed by atoms with Crippen molar-refractivity contribution in [2.75, 3.05) is 0 Å². The van der Waals surface area contributed by atoms with E-state index in [2.05, 4.69) is 4.74 Å². The average molecular weight is 259 g/mol. The van der Waals surface area contributed by atoms with E-state index in [1.54, 1.807) is 18.2 Å². The van der Waals surface area contributed by atoms with Crippen LogP contribution in [0, 0.1) is 0 Å². The summed E-state index contributed by atoms with van der Waals surface area (Å²) in [6, 6.07) is 6.38. The normalized spacial score (nSPS) is 28.4. The monoisotopic (exact) mass is 259 g/mol. The molecule has 1 aliphatic carbocycles. The summed E-state index contributed by atoms with van der Waals surface area (Å²) in [7, 11) is 0. The molecule has 2 rings (SSSR count). The molecule has 1 fully saturated rings. The minimum absolute atomic E-state index is 0.0499. The number of ether oxygens (including phenoxy) is 1. The molecule has 0 radical (unpaired) electrons. The summed E-state index contributed by atoms with van der Waals surface area (Å²) < 4.78 is 41.2. The van der Waals surface area contributed by atoms with Crippen LogP contribution in [0.15, 0.2) is 24.3 Å². The molecule has 18 heavy (non-hydrogen) atoms. The summed E-state index contributed by atoms with van der Waals surface area (Å²) in [5.74, 6) is -0.110. The Morgan fingerprint density at radius 2 is 2.00 bits per heavy atom. The maximum absolute atomic E-state index is 12.4. The van der Waals surface area contributed by atoms with E-state index < -0.39 is 6.36 Å². The quantitative estimate of drug-likeness (QED) is 0.884. The van der Waals surface area contributed by atoms with Crippen LogP contribution in [0.3, 0.4) is 0 Å². The van der Waals surface area contributed by atoms with Crippen molar-refractivity contribution in [3.05, 3.63) is 29.8 Å². The molecule has 2 nitrogen and oxygen atoms in total. The number of halogens is 3. The van der Waals surface area contributed by atoms with Crippen molar-refractivity contribution in [3.63, 3.8) is 0 Å².